The average molecular weight is 206 g/mol. The predicted octanol–water partition coefficient (Wildman–Crippen LogP) is 1.21. The zero-order chi connectivity index (χ0) is 10.8. The molecule has 1 aliphatic rings. The van der Waals surface area contributed by atoms with Crippen molar-refractivity contribution >= 4 is 5.82 Å². The topological polar surface area (TPSA) is 41.0 Å². The van der Waals surface area contributed by atoms with Gasteiger partial charge in [-0.3, -0.25) is 0 Å². The van der Waals surface area contributed by atoms with Crippen LogP contribution in [0, 0.1) is 13.8 Å². The quantitative estimate of drug-likeness (QED) is 0.789. The monoisotopic (exact) mass is 206 g/mol. The van der Waals surface area contributed by atoms with Crippen molar-refractivity contribution < 1.29 is 0 Å². The highest BCUT2D eigenvalue weighted by molar-refractivity contribution is 5.37. The standard InChI is InChI=1S/C11H18N4/c1-8-6-11(13-9(2)12-8)14-10-4-5-15(3)7-10/h6,10H,4-5,7H2,1-3H3,(H,12,13,14). The first-order valence-electron chi connectivity index (χ1n) is 5.41. The van der Waals surface area contributed by atoms with E-state index in [9.17, 15) is 0 Å². The fourth-order valence-corrected chi connectivity index (χ4v) is 2.05. The summed E-state index contributed by atoms with van der Waals surface area (Å²) in [5, 5.41) is 3.46. The van der Waals surface area contributed by atoms with Crippen molar-refractivity contribution in [1.29, 1.82) is 0 Å². The molecule has 0 radical (unpaired) electrons. The minimum atomic E-state index is 0.531. The highest BCUT2D eigenvalue weighted by atomic mass is 15.2. The summed E-state index contributed by atoms with van der Waals surface area (Å²) < 4.78 is 0. The van der Waals surface area contributed by atoms with Gasteiger partial charge in [0.1, 0.15) is 11.6 Å². The molecule has 1 atom stereocenters. The molecule has 0 bridgehead atoms. The molecule has 1 unspecified atom stereocenters. The maximum absolute atomic E-state index is 4.38. The SMILES string of the molecule is Cc1cc(NC2CCN(C)C2)nc(C)n1. The van der Waals surface area contributed by atoms with Crippen molar-refractivity contribution in [2.45, 2.75) is 26.3 Å². The van der Waals surface area contributed by atoms with E-state index < -0.39 is 0 Å². The molecule has 1 saturated heterocycles. The van der Waals surface area contributed by atoms with Gasteiger partial charge in [0.2, 0.25) is 0 Å². The summed E-state index contributed by atoms with van der Waals surface area (Å²) in [5.74, 6) is 1.80. The molecule has 1 aliphatic heterocycles. The molecule has 0 aromatic carbocycles. The molecule has 1 aromatic rings. The van der Waals surface area contributed by atoms with Crippen LogP contribution in [0.1, 0.15) is 17.9 Å². The third-order valence-electron chi connectivity index (χ3n) is 2.71. The van der Waals surface area contributed by atoms with Gasteiger partial charge in [0.15, 0.2) is 0 Å². The van der Waals surface area contributed by atoms with Crippen molar-refractivity contribution in [3.8, 4) is 0 Å². The van der Waals surface area contributed by atoms with Gasteiger partial charge in [0, 0.05) is 24.3 Å². The number of aryl methyl sites for hydroxylation is 2. The molecular weight excluding hydrogens is 188 g/mol. The van der Waals surface area contributed by atoms with Crippen molar-refractivity contribution in [2.24, 2.45) is 0 Å². The molecule has 1 aromatic heterocycles. The second-order valence-corrected chi connectivity index (χ2v) is 4.33. The van der Waals surface area contributed by atoms with E-state index in [4.69, 9.17) is 0 Å². The zero-order valence-corrected chi connectivity index (χ0v) is 9.62. The lowest BCUT2D eigenvalue weighted by molar-refractivity contribution is 0.414. The van der Waals surface area contributed by atoms with Crippen LogP contribution in [0.5, 0.6) is 0 Å². The van der Waals surface area contributed by atoms with Crippen molar-refractivity contribution in [3.63, 3.8) is 0 Å². The van der Waals surface area contributed by atoms with Gasteiger partial charge >= 0.3 is 0 Å². The zero-order valence-electron chi connectivity index (χ0n) is 9.62. The van der Waals surface area contributed by atoms with Crippen LogP contribution in [0.25, 0.3) is 0 Å². The van der Waals surface area contributed by atoms with Crippen LogP contribution >= 0.6 is 0 Å². The lowest BCUT2D eigenvalue weighted by atomic mass is 10.2. The molecule has 2 rings (SSSR count). The molecule has 1 N–H and O–H groups in total. The van der Waals surface area contributed by atoms with E-state index in [1.54, 1.807) is 0 Å². The van der Waals surface area contributed by atoms with E-state index in [1.807, 2.05) is 19.9 Å². The fraction of sp³-hybridized carbons (Fsp3) is 0.636. The van der Waals surface area contributed by atoms with Gasteiger partial charge in [0.25, 0.3) is 0 Å². The molecule has 1 fully saturated rings. The highest BCUT2D eigenvalue weighted by Gasteiger charge is 2.19. The number of nitrogens with one attached hydrogen (secondary N) is 1. The van der Waals surface area contributed by atoms with Gasteiger partial charge in [0.05, 0.1) is 0 Å². The summed E-state index contributed by atoms with van der Waals surface area (Å²) >= 11 is 0. The van der Waals surface area contributed by atoms with Crippen LogP contribution < -0.4 is 5.32 Å². The number of anilines is 1. The Morgan fingerprint density at radius 3 is 2.80 bits per heavy atom. The summed E-state index contributed by atoms with van der Waals surface area (Å²) in [7, 11) is 2.15. The fourth-order valence-electron chi connectivity index (χ4n) is 2.05. The number of nitrogens with zero attached hydrogens (tertiary/aromatic N) is 3. The summed E-state index contributed by atoms with van der Waals surface area (Å²) in [4.78, 5) is 11.0. The lowest BCUT2D eigenvalue weighted by Crippen LogP contribution is -2.24. The third-order valence-corrected chi connectivity index (χ3v) is 2.71. The Balaban J connectivity index is 2.04. The van der Waals surface area contributed by atoms with Crippen LogP contribution in [-0.2, 0) is 0 Å². The van der Waals surface area contributed by atoms with E-state index in [1.165, 1.54) is 13.0 Å². The number of hydrogen-bond donors (Lipinski definition) is 1. The first-order chi connectivity index (χ1) is 7.13. The first-order valence-corrected chi connectivity index (χ1v) is 5.41. The first kappa shape index (κ1) is 10.4. The number of rotatable bonds is 2. The van der Waals surface area contributed by atoms with E-state index in [0.29, 0.717) is 6.04 Å². The number of likely N-dealkylation sites (N-methyl/N-ethyl adjacent to an activating group) is 1. The second-order valence-electron chi connectivity index (χ2n) is 4.33. The van der Waals surface area contributed by atoms with Crippen LogP contribution in [-0.4, -0.2) is 41.0 Å². The van der Waals surface area contributed by atoms with E-state index in [2.05, 4.69) is 27.2 Å². The Bertz CT molecular complexity index is 330. The minimum Gasteiger partial charge on any atom is -0.366 e. The maximum Gasteiger partial charge on any atom is 0.130 e. The maximum atomic E-state index is 4.38. The molecular formula is C11H18N4. The Morgan fingerprint density at radius 2 is 2.20 bits per heavy atom. The van der Waals surface area contributed by atoms with Crippen molar-refractivity contribution in [3.05, 3.63) is 17.6 Å². The molecule has 0 spiro atoms. The second kappa shape index (κ2) is 4.14. The van der Waals surface area contributed by atoms with Gasteiger partial charge in [-0.25, -0.2) is 9.97 Å². The Morgan fingerprint density at radius 1 is 1.40 bits per heavy atom. The summed E-state index contributed by atoms with van der Waals surface area (Å²) in [6.45, 7) is 6.20. The highest BCUT2D eigenvalue weighted by Crippen LogP contribution is 2.13. The average Bonchev–Trinajstić information content (AvgIpc) is 2.49. The summed E-state index contributed by atoms with van der Waals surface area (Å²) in [6.07, 6.45) is 1.19. The van der Waals surface area contributed by atoms with Crippen molar-refractivity contribution in [2.75, 3.05) is 25.5 Å². The Hall–Kier alpha value is -1.16. The van der Waals surface area contributed by atoms with E-state index >= 15 is 0 Å². The van der Waals surface area contributed by atoms with Gasteiger partial charge in [-0.1, -0.05) is 0 Å². The number of likely N-dealkylation sites (tertiary alicyclic amines) is 1. The Labute approximate surface area is 90.7 Å². The van der Waals surface area contributed by atoms with Gasteiger partial charge in [-0.15, -0.1) is 0 Å². The smallest absolute Gasteiger partial charge is 0.130 e. The van der Waals surface area contributed by atoms with Crippen LogP contribution in [0.15, 0.2) is 6.07 Å². The molecule has 2 heterocycles. The van der Waals surface area contributed by atoms with Crippen LogP contribution in [0.2, 0.25) is 0 Å². The number of aromatic nitrogens is 2. The predicted molar refractivity (Wildman–Crippen MR) is 61.0 cm³/mol. The van der Waals surface area contributed by atoms with Gasteiger partial charge < -0.3 is 10.2 Å². The Kier molecular flexibility index (Phi) is 2.86. The summed E-state index contributed by atoms with van der Waals surface area (Å²) in [6, 6.07) is 2.54. The molecule has 0 amide bonds. The van der Waals surface area contributed by atoms with Crippen LogP contribution in [0.4, 0.5) is 5.82 Å². The molecule has 4 heteroatoms. The van der Waals surface area contributed by atoms with Crippen LogP contribution in [0.3, 0.4) is 0 Å². The minimum absolute atomic E-state index is 0.531. The molecule has 82 valence electrons. The molecule has 15 heavy (non-hydrogen) atoms. The normalized spacial score (nSPS) is 21.9. The lowest BCUT2D eigenvalue weighted by Gasteiger charge is -2.13. The molecule has 0 aliphatic carbocycles. The van der Waals surface area contributed by atoms with Crippen molar-refractivity contribution in [1.82, 2.24) is 14.9 Å². The number of hydrogen-bond acceptors (Lipinski definition) is 4. The largest absolute Gasteiger partial charge is 0.366 e. The molecule has 0 saturated carbocycles. The van der Waals surface area contributed by atoms with Gasteiger partial charge in [-0.2, -0.15) is 0 Å². The molecule has 4 nitrogen and oxygen atoms in total. The third kappa shape index (κ3) is 2.65. The van der Waals surface area contributed by atoms with E-state index in [-0.39, 0.29) is 0 Å². The van der Waals surface area contributed by atoms with Gasteiger partial charge in [-0.05, 0) is 33.9 Å². The summed E-state index contributed by atoms with van der Waals surface area (Å²) in [5.41, 5.74) is 1.02. The van der Waals surface area contributed by atoms with E-state index in [0.717, 1.165) is 23.9 Å².